The van der Waals surface area contributed by atoms with Crippen LogP contribution in [0.25, 0.3) is 0 Å². The molecule has 3 heteroatoms. The second-order valence-corrected chi connectivity index (χ2v) is 6.01. The first-order valence-corrected chi connectivity index (χ1v) is 8.15. The van der Waals surface area contributed by atoms with Crippen molar-refractivity contribution in [3.63, 3.8) is 0 Å². The Kier molecular flexibility index (Phi) is 6.21. The van der Waals surface area contributed by atoms with Crippen molar-refractivity contribution in [2.75, 3.05) is 6.54 Å². The molecule has 0 aliphatic carbocycles. The lowest BCUT2D eigenvalue weighted by Gasteiger charge is -2.14. The Morgan fingerprint density at radius 1 is 1.13 bits per heavy atom. The molecule has 0 saturated heterocycles. The number of hydrogen-bond donors (Lipinski definition) is 1. The zero-order valence-electron chi connectivity index (χ0n) is 14.1. The predicted octanol–water partition coefficient (Wildman–Crippen LogP) is 4.14. The lowest BCUT2D eigenvalue weighted by Crippen LogP contribution is -2.25. The van der Waals surface area contributed by atoms with E-state index in [-0.39, 0.29) is 12.0 Å². The van der Waals surface area contributed by atoms with Crippen LogP contribution in [0.15, 0.2) is 48.5 Å². The molecule has 3 nitrogen and oxygen atoms in total. The first kappa shape index (κ1) is 17.1. The van der Waals surface area contributed by atoms with Gasteiger partial charge in [0.25, 0.3) is 5.91 Å². The summed E-state index contributed by atoms with van der Waals surface area (Å²) in [5, 5.41) is 2.98. The molecule has 0 unspecified atom stereocenters. The van der Waals surface area contributed by atoms with Gasteiger partial charge in [-0.15, -0.1) is 0 Å². The van der Waals surface area contributed by atoms with E-state index in [2.05, 4.69) is 36.5 Å². The molecular weight excluding hydrogens is 286 g/mol. The Morgan fingerprint density at radius 2 is 1.91 bits per heavy atom. The Hall–Kier alpha value is -2.29. The van der Waals surface area contributed by atoms with Gasteiger partial charge in [-0.2, -0.15) is 0 Å². The second-order valence-electron chi connectivity index (χ2n) is 6.01. The number of hydrogen-bond acceptors (Lipinski definition) is 2. The number of ether oxygens (including phenoxy) is 1. The van der Waals surface area contributed by atoms with Gasteiger partial charge in [-0.05, 0) is 51.3 Å². The third kappa shape index (κ3) is 5.44. The number of aryl methyl sites for hydroxylation is 2. The SMILES string of the molecule is Cc1cccc(CCCNC(=O)c2ccccc2OC(C)C)c1. The molecule has 0 atom stereocenters. The van der Waals surface area contributed by atoms with Gasteiger partial charge in [0.15, 0.2) is 0 Å². The summed E-state index contributed by atoms with van der Waals surface area (Å²) in [7, 11) is 0. The van der Waals surface area contributed by atoms with E-state index in [0.29, 0.717) is 17.9 Å². The Labute approximate surface area is 138 Å². The fourth-order valence-corrected chi connectivity index (χ4v) is 2.47. The molecule has 0 bridgehead atoms. The smallest absolute Gasteiger partial charge is 0.255 e. The molecule has 122 valence electrons. The van der Waals surface area contributed by atoms with Gasteiger partial charge in [-0.25, -0.2) is 0 Å². The number of benzene rings is 2. The molecular formula is C20H25NO2. The molecule has 0 saturated carbocycles. The number of nitrogens with one attached hydrogen (secondary N) is 1. The summed E-state index contributed by atoms with van der Waals surface area (Å²) >= 11 is 0. The number of carbonyl (C=O) groups excluding carboxylic acids is 1. The quantitative estimate of drug-likeness (QED) is 0.780. The maximum absolute atomic E-state index is 12.3. The molecule has 0 fully saturated rings. The van der Waals surface area contributed by atoms with Gasteiger partial charge in [-0.3, -0.25) is 4.79 Å². The molecule has 0 aliphatic heterocycles. The van der Waals surface area contributed by atoms with E-state index in [0.717, 1.165) is 12.8 Å². The van der Waals surface area contributed by atoms with Crippen LogP contribution in [0.3, 0.4) is 0 Å². The van der Waals surface area contributed by atoms with Crippen molar-refractivity contribution in [3.05, 3.63) is 65.2 Å². The van der Waals surface area contributed by atoms with Crippen molar-refractivity contribution in [1.29, 1.82) is 0 Å². The van der Waals surface area contributed by atoms with E-state index in [1.165, 1.54) is 11.1 Å². The minimum Gasteiger partial charge on any atom is -0.490 e. The van der Waals surface area contributed by atoms with E-state index in [1.807, 2.05) is 32.0 Å². The van der Waals surface area contributed by atoms with Gasteiger partial charge in [0.05, 0.1) is 11.7 Å². The topological polar surface area (TPSA) is 38.3 Å². The van der Waals surface area contributed by atoms with Gasteiger partial charge in [0.2, 0.25) is 0 Å². The number of amides is 1. The normalized spacial score (nSPS) is 10.6. The molecule has 23 heavy (non-hydrogen) atoms. The monoisotopic (exact) mass is 311 g/mol. The van der Waals surface area contributed by atoms with Crippen molar-refractivity contribution < 1.29 is 9.53 Å². The van der Waals surface area contributed by atoms with Crippen LogP contribution in [0, 0.1) is 6.92 Å². The minimum absolute atomic E-state index is 0.0465. The minimum atomic E-state index is -0.0782. The highest BCUT2D eigenvalue weighted by molar-refractivity contribution is 5.96. The number of rotatable bonds is 7. The van der Waals surface area contributed by atoms with Crippen LogP contribution in [-0.4, -0.2) is 18.6 Å². The van der Waals surface area contributed by atoms with Crippen LogP contribution >= 0.6 is 0 Å². The van der Waals surface area contributed by atoms with Crippen LogP contribution in [-0.2, 0) is 6.42 Å². The van der Waals surface area contributed by atoms with Crippen molar-refractivity contribution in [3.8, 4) is 5.75 Å². The molecule has 0 aromatic heterocycles. The summed E-state index contributed by atoms with van der Waals surface area (Å²) in [6.07, 6.45) is 1.93. The predicted molar refractivity (Wildman–Crippen MR) is 94.0 cm³/mol. The average molecular weight is 311 g/mol. The largest absolute Gasteiger partial charge is 0.490 e. The summed E-state index contributed by atoms with van der Waals surface area (Å²) < 4.78 is 5.69. The summed E-state index contributed by atoms with van der Waals surface area (Å²) in [5.74, 6) is 0.559. The summed E-state index contributed by atoms with van der Waals surface area (Å²) in [6, 6.07) is 15.9. The third-order valence-corrected chi connectivity index (χ3v) is 3.50. The standard InChI is InChI=1S/C20H25NO2/c1-15(2)23-19-12-5-4-11-18(19)20(22)21-13-7-10-17-9-6-8-16(3)14-17/h4-6,8-9,11-12,14-15H,7,10,13H2,1-3H3,(H,21,22). The van der Waals surface area contributed by atoms with E-state index in [4.69, 9.17) is 4.74 Å². The van der Waals surface area contributed by atoms with Gasteiger partial charge in [0.1, 0.15) is 5.75 Å². The molecule has 2 aromatic carbocycles. The molecule has 0 radical (unpaired) electrons. The van der Waals surface area contributed by atoms with E-state index in [9.17, 15) is 4.79 Å². The van der Waals surface area contributed by atoms with Crippen LogP contribution < -0.4 is 10.1 Å². The lowest BCUT2D eigenvalue weighted by atomic mass is 10.1. The van der Waals surface area contributed by atoms with Crippen molar-refractivity contribution in [2.24, 2.45) is 0 Å². The zero-order valence-corrected chi connectivity index (χ0v) is 14.1. The van der Waals surface area contributed by atoms with Gasteiger partial charge in [0, 0.05) is 6.54 Å². The fourth-order valence-electron chi connectivity index (χ4n) is 2.47. The molecule has 0 aliphatic rings. The Bertz CT molecular complexity index is 650. The Morgan fingerprint density at radius 3 is 2.65 bits per heavy atom. The highest BCUT2D eigenvalue weighted by Crippen LogP contribution is 2.19. The maximum atomic E-state index is 12.3. The zero-order chi connectivity index (χ0) is 16.7. The highest BCUT2D eigenvalue weighted by Gasteiger charge is 2.12. The van der Waals surface area contributed by atoms with Gasteiger partial charge >= 0.3 is 0 Å². The highest BCUT2D eigenvalue weighted by atomic mass is 16.5. The van der Waals surface area contributed by atoms with Crippen LogP contribution in [0.4, 0.5) is 0 Å². The van der Waals surface area contributed by atoms with E-state index in [1.54, 1.807) is 6.07 Å². The van der Waals surface area contributed by atoms with Crippen molar-refractivity contribution >= 4 is 5.91 Å². The van der Waals surface area contributed by atoms with Crippen LogP contribution in [0.5, 0.6) is 5.75 Å². The van der Waals surface area contributed by atoms with Gasteiger partial charge < -0.3 is 10.1 Å². The molecule has 1 N–H and O–H groups in total. The van der Waals surface area contributed by atoms with Crippen LogP contribution in [0.2, 0.25) is 0 Å². The molecule has 2 rings (SSSR count). The average Bonchev–Trinajstić information content (AvgIpc) is 2.51. The molecule has 1 amide bonds. The Balaban J connectivity index is 1.85. The lowest BCUT2D eigenvalue weighted by molar-refractivity contribution is 0.0947. The maximum Gasteiger partial charge on any atom is 0.255 e. The summed E-state index contributed by atoms with van der Waals surface area (Å²) in [4.78, 5) is 12.3. The summed E-state index contributed by atoms with van der Waals surface area (Å²) in [5.41, 5.74) is 3.17. The van der Waals surface area contributed by atoms with E-state index < -0.39 is 0 Å². The third-order valence-electron chi connectivity index (χ3n) is 3.50. The van der Waals surface area contributed by atoms with E-state index >= 15 is 0 Å². The van der Waals surface area contributed by atoms with Crippen molar-refractivity contribution in [1.82, 2.24) is 5.32 Å². The second kappa shape index (κ2) is 8.37. The number of para-hydroxylation sites is 1. The molecule has 0 spiro atoms. The molecule has 2 aromatic rings. The number of carbonyl (C=O) groups is 1. The van der Waals surface area contributed by atoms with Crippen LogP contribution in [0.1, 0.15) is 41.8 Å². The first-order chi connectivity index (χ1) is 11.1. The van der Waals surface area contributed by atoms with Gasteiger partial charge in [-0.1, -0.05) is 42.0 Å². The summed E-state index contributed by atoms with van der Waals surface area (Å²) in [6.45, 7) is 6.66. The van der Waals surface area contributed by atoms with Crippen molar-refractivity contribution in [2.45, 2.75) is 39.7 Å². The first-order valence-electron chi connectivity index (χ1n) is 8.15. The molecule has 0 heterocycles. The fraction of sp³-hybridized carbons (Fsp3) is 0.350.